The molecule has 10 heteroatoms. The lowest BCUT2D eigenvalue weighted by molar-refractivity contribution is 0.100. The molecule has 0 aliphatic heterocycles. The first-order valence-electron chi connectivity index (χ1n) is 31.2. The van der Waals surface area contributed by atoms with Crippen LogP contribution >= 0.6 is 46.4 Å². The molecule has 6 nitrogen and oxygen atoms in total. The number of aliphatic hydroxyl groups excluding tert-OH is 2. The first-order chi connectivity index (χ1) is 43.9. The highest BCUT2D eigenvalue weighted by Crippen LogP contribution is 2.28. The molecule has 8 aromatic carbocycles. The number of hydrogen-bond donors (Lipinski definition) is 2. The van der Waals surface area contributed by atoms with Crippen LogP contribution in [-0.4, -0.2) is 82.1 Å². The van der Waals surface area contributed by atoms with Crippen LogP contribution in [0, 0.1) is 11.8 Å². The zero-order chi connectivity index (χ0) is 67.3. The summed E-state index contributed by atoms with van der Waals surface area (Å²) < 4.78 is 0. The predicted octanol–water partition coefficient (Wildman–Crippen LogP) is 21.6. The molecule has 0 saturated heterocycles. The van der Waals surface area contributed by atoms with E-state index in [-0.39, 0.29) is 11.6 Å². The Hall–Kier alpha value is -7.46. The smallest absolute Gasteiger partial charge is 0.190 e. The van der Waals surface area contributed by atoms with Gasteiger partial charge in [-0.2, -0.15) is 0 Å². The Morgan fingerprint density at radius 3 is 0.880 bits per heavy atom. The molecule has 8 aromatic rings. The van der Waals surface area contributed by atoms with E-state index in [0.29, 0.717) is 68.2 Å². The molecule has 0 saturated carbocycles. The first-order valence-corrected chi connectivity index (χ1v) is 32.7. The third kappa shape index (κ3) is 26.3. The number of Topliss-reactive ketones (excluding diaryl/α,β-unsaturated/α-hetero) is 2. The lowest BCUT2D eigenvalue weighted by Gasteiger charge is -2.31. The molecule has 0 heterocycles. The summed E-state index contributed by atoms with van der Waals surface area (Å²) in [6.07, 6.45) is 6.53. The minimum absolute atomic E-state index is 0.0712. The van der Waals surface area contributed by atoms with E-state index in [4.69, 9.17) is 46.4 Å². The van der Waals surface area contributed by atoms with E-state index in [2.05, 4.69) is 78.3 Å². The third-order valence-electron chi connectivity index (χ3n) is 14.5. The second-order valence-corrected chi connectivity index (χ2v) is 26.0. The van der Waals surface area contributed by atoms with Gasteiger partial charge in [-0.25, -0.2) is 0 Å². The van der Waals surface area contributed by atoms with Crippen molar-refractivity contribution in [2.24, 2.45) is 11.8 Å². The third-order valence-corrected chi connectivity index (χ3v) is 15.5. The monoisotopic (exact) mass is 1310 g/mol. The Bertz CT molecular complexity index is 3540. The van der Waals surface area contributed by atoms with E-state index in [1.165, 1.54) is 0 Å². The highest BCUT2D eigenvalue weighted by molar-refractivity contribution is 6.31. The molecule has 0 aromatic heterocycles. The number of aliphatic hydroxyl groups is 2. The van der Waals surface area contributed by atoms with Crippen LogP contribution in [0.15, 0.2) is 254 Å². The maximum atomic E-state index is 13.2. The lowest BCUT2D eigenvalue weighted by Crippen LogP contribution is -2.39. The van der Waals surface area contributed by atoms with Crippen molar-refractivity contribution in [1.82, 2.24) is 9.80 Å². The molecule has 0 spiro atoms. The van der Waals surface area contributed by atoms with Crippen LogP contribution in [0.3, 0.4) is 0 Å². The fourth-order valence-electron chi connectivity index (χ4n) is 9.98. The van der Waals surface area contributed by atoms with Gasteiger partial charge in [-0.15, -0.1) is 0 Å². The maximum absolute atomic E-state index is 13.2. The van der Waals surface area contributed by atoms with E-state index >= 15 is 0 Å². The number of carbonyl (C=O) groups excluding carboxylic acids is 2. The van der Waals surface area contributed by atoms with Gasteiger partial charge in [0, 0.05) is 80.6 Å². The topological polar surface area (TPSA) is 81.1 Å². The van der Waals surface area contributed by atoms with Gasteiger partial charge >= 0.3 is 0 Å². The first kappa shape index (κ1) is 75.3. The van der Waals surface area contributed by atoms with Crippen LogP contribution in [0.25, 0.3) is 35.5 Å². The van der Waals surface area contributed by atoms with E-state index in [1.807, 2.05) is 257 Å². The Morgan fingerprint density at radius 2 is 0.630 bits per heavy atom. The highest BCUT2D eigenvalue weighted by Gasteiger charge is 2.22. The van der Waals surface area contributed by atoms with Gasteiger partial charge < -0.3 is 10.2 Å². The van der Waals surface area contributed by atoms with Crippen LogP contribution in [-0.2, 0) is 0 Å². The molecule has 8 rings (SSSR count). The van der Waals surface area contributed by atoms with E-state index in [0.717, 1.165) is 79.9 Å². The van der Waals surface area contributed by atoms with Crippen molar-refractivity contribution in [3.05, 3.63) is 318 Å². The highest BCUT2D eigenvalue weighted by atomic mass is 35.5. The Balaban J connectivity index is 0.000000224. The SMILES string of the molecule is C=C(C)C(O)/C(=C/c1ccc(Cl)cc1)c1ccccc1.C=C(C)C(O)/C(=C\c1ccc(Cl)cc1)c1ccccc1.CC(C)CN(C/C(=C\c1ccc(Cl)cc1)C(=O)c1ccccc1)CC(C)C.CC(C)N(C/C(=C\c1ccc(Cl)cc1)C(=O)c1ccccc1)C(C)C. The molecule has 2 N–H and O–H groups in total. The number of nitrogens with zero attached hydrogens (tertiary/aromatic N) is 2. The number of halogens is 4. The number of benzene rings is 8. The predicted molar refractivity (Wildman–Crippen MR) is 397 cm³/mol. The summed E-state index contributed by atoms with van der Waals surface area (Å²) in [5, 5.41) is 23.5. The molecule has 0 bridgehead atoms. The minimum Gasteiger partial charge on any atom is -0.384 e. The lowest BCUT2D eigenvalue weighted by atomic mass is 9.94. The minimum atomic E-state index is -0.687. The van der Waals surface area contributed by atoms with Crippen LogP contribution in [0.2, 0.25) is 20.1 Å². The Labute approximate surface area is 569 Å². The van der Waals surface area contributed by atoms with Crippen LogP contribution in [0.1, 0.15) is 123 Å². The number of hydrogen-bond acceptors (Lipinski definition) is 6. The molecule has 2 unspecified atom stereocenters. The molecule has 0 fully saturated rings. The maximum Gasteiger partial charge on any atom is 0.190 e. The zero-order valence-corrected chi connectivity index (χ0v) is 57.9. The zero-order valence-electron chi connectivity index (χ0n) is 54.9. The van der Waals surface area contributed by atoms with Gasteiger partial charge in [0.2, 0.25) is 0 Å². The van der Waals surface area contributed by atoms with Gasteiger partial charge in [-0.05, 0) is 182 Å². The molecule has 0 amide bonds. The Kier molecular flexibility index (Phi) is 32.0. The van der Waals surface area contributed by atoms with Gasteiger partial charge in [0.15, 0.2) is 11.6 Å². The molecule has 0 aliphatic rings. The quantitative estimate of drug-likeness (QED) is 0.0272. The van der Waals surface area contributed by atoms with E-state index < -0.39 is 12.2 Å². The second kappa shape index (κ2) is 39.2. The van der Waals surface area contributed by atoms with Crippen molar-refractivity contribution < 1.29 is 19.8 Å². The van der Waals surface area contributed by atoms with E-state index in [9.17, 15) is 19.8 Å². The van der Waals surface area contributed by atoms with Crippen molar-refractivity contribution in [2.45, 2.75) is 93.5 Å². The largest absolute Gasteiger partial charge is 0.384 e. The van der Waals surface area contributed by atoms with Crippen LogP contribution < -0.4 is 0 Å². The van der Waals surface area contributed by atoms with E-state index in [1.54, 1.807) is 0 Å². The number of carbonyl (C=O) groups is 2. The fraction of sp³-hybridized carbons (Fsp3) is 0.244. The number of rotatable bonds is 24. The molecule has 0 radical (unpaired) electrons. The van der Waals surface area contributed by atoms with Crippen molar-refractivity contribution >= 4 is 93.4 Å². The summed E-state index contributed by atoms with van der Waals surface area (Å²) in [5.74, 6) is 1.25. The summed E-state index contributed by atoms with van der Waals surface area (Å²) >= 11 is 23.8. The van der Waals surface area contributed by atoms with Crippen molar-refractivity contribution in [1.29, 1.82) is 0 Å². The standard InChI is InChI=1S/C24H30ClNO.C22H26ClNO.2C18H17ClO/c1-18(2)15-26(16-19(3)4)17-22(14-20-10-12-23(25)13-11-20)24(27)21-8-6-5-7-9-21;1-16(2)24(17(3)4)15-20(14-18-10-12-21(23)13-11-18)22(25)19-8-6-5-7-9-19;2*1-13(2)18(20)17(15-6-4-3-5-7-15)12-14-8-10-16(19)11-9-14/h5-14,18-19H,15-17H2,1-4H3;5-14,16-17H,15H2,1-4H3;2*3-12,18,20H,1H2,2H3/b22-14+;20-14+;17-12+;17-12-. The molecule has 480 valence electrons. The summed E-state index contributed by atoms with van der Waals surface area (Å²) in [6, 6.07) is 69.6. The van der Waals surface area contributed by atoms with Crippen LogP contribution in [0.4, 0.5) is 0 Å². The molecule has 2 atom stereocenters. The molecule has 0 aliphatic carbocycles. The average Bonchev–Trinajstić information content (AvgIpc) is 2.02. The molecular formula is C82H90Cl4N2O4. The van der Waals surface area contributed by atoms with Gasteiger partial charge in [0.1, 0.15) is 12.2 Å². The van der Waals surface area contributed by atoms with Gasteiger partial charge in [0.05, 0.1) is 0 Å². The summed E-state index contributed by atoms with van der Waals surface area (Å²) in [4.78, 5) is 31.0. The normalized spacial score (nSPS) is 12.6. The second-order valence-electron chi connectivity index (χ2n) is 24.2. The number of ketones is 2. The van der Waals surface area contributed by atoms with Crippen molar-refractivity contribution in [3.8, 4) is 0 Å². The van der Waals surface area contributed by atoms with Crippen LogP contribution in [0.5, 0.6) is 0 Å². The van der Waals surface area contributed by atoms with Gasteiger partial charge in [-0.3, -0.25) is 19.4 Å². The van der Waals surface area contributed by atoms with Gasteiger partial charge in [0.25, 0.3) is 0 Å². The van der Waals surface area contributed by atoms with Crippen molar-refractivity contribution in [3.63, 3.8) is 0 Å². The summed E-state index contributed by atoms with van der Waals surface area (Å²) in [6.45, 7) is 32.0. The molecular weight excluding hydrogens is 1220 g/mol. The summed E-state index contributed by atoms with van der Waals surface area (Å²) in [7, 11) is 0. The summed E-state index contributed by atoms with van der Waals surface area (Å²) in [5.41, 5.74) is 12.1. The Morgan fingerprint density at radius 1 is 0.380 bits per heavy atom. The molecule has 92 heavy (non-hydrogen) atoms. The van der Waals surface area contributed by atoms with Gasteiger partial charge in [-0.1, -0.05) is 257 Å². The van der Waals surface area contributed by atoms with Crippen molar-refractivity contribution in [2.75, 3.05) is 26.2 Å². The fourth-order valence-corrected chi connectivity index (χ4v) is 10.5. The average molecular weight is 1310 g/mol.